The van der Waals surface area contributed by atoms with Crippen LogP contribution in [0.25, 0.3) is 0 Å². The average molecular weight is 276 g/mol. The molecular formula is C16H24N2O2. The molecular weight excluding hydrogens is 252 g/mol. The molecule has 0 saturated carbocycles. The fraction of sp³-hybridized carbons (Fsp3) is 0.500. The fourth-order valence-electron chi connectivity index (χ4n) is 1.87. The molecule has 0 bridgehead atoms. The number of rotatable bonds is 8. The highest BCUT2D eigenvalue weighted by Gasteiger charge is 2.03. The van der Waals surface area contributed by atoms with Crippen LogP contribution in [-0.4, -0.2) is 49.4 Å². The van der Waals surface area contributed by atoms with Crippen LogP contribution in [0, 0.1) is 11.8 Å². The van der Waals surface area contributed by atoms with Crippen molar-refractivity contribution in [3.05, 3.63) is 29.8 Å². The number of benzene rings is 1. The molecule has 0 heterocycles. The lowest BCUT2D eigenvalue weighted by atomic mass is 10.2. The molecule has 0 aliphatic heterocycles. The largest absolute Gasteiger partial charge is 0.492 e. The lowest BCUT2D eigenvalue weighted by Gasteiger charge is -2.20. The van der Waals surface area contributed by atoms with Gasteiger partial charge in [0, 0.05) is 18.7 Å². The second-order valence-electron chi connectivity index (χ2n) is 4.44. The Bertz CT molecular complexity index is 414. The highest BCUT2D eigenvalue weighted by atomic mass is 16.5. The minimum Gasteiger partial charge on any atom is -0.492 e. The molecule has 0 aliphatic rings. The molecule has 110 valence electrons. The van der Waals surface area contributed by atoms with E-state index in [1.54, 1.807) is 0 Å². The van der Waals surface area contributed by atoms with Crippen molar-refractivity contribution in [2.45, 2.75) is 13.3 Å². The third-order valence-corrected chi connectivity index (χ3v) is 2.82. The van der Waals surface area contributed by atoms with Gasteiger partial charge in [0.2, 0.25) is 0 Å². The molecule has 0 saturated heterocycles. The van der Waals surface area contributed by atoms with Crippen LogP contribution in [-0.2, 0) is 0 Å². The van der Waals surface area contributed by atoms with E-state index < -0.39 is 0 Å². The first-order chi connectivity index (χ1) is 9.80. The first-order valence-corrected chi connectivity index (χ1v) is 7.05. The van der Waals surface area contributed by atoms with Crippen molar-refractivity contribution in [3.8, 4) is 17.6 Å². The maximum Gasteiger partial charge on any atom is 0.119 e. The van der Waals surface area contributed by atoms with Crippen molar-refractivity contribution in [2.24, 2.45) is 5.73 Å². The second kappa shape index (κ2) is 10.3. The Morgan fingerprint density at radius 2 is 1.95 bits per heavy atom. The monoisotopic (exact) mass is 276 g/mol. The molecule has 0 spiro atoms. The van der Waals surface area contributed by atoms with Crippen LogP contribution in [0.1, 0.15) is 18.9 Å². The molecule has 20 heavy (non-hydrogen) atoms. The highest BCUT2D eigenvalue weighted by molar-refractivity contribution is 5.38. The predicted molar refractivity (Wildman–Crippen MR) is 81.7 cm³/mol. The summed E-state index contributed by atoms with van der Waals surface area (Å²) < 4.78 is 5.69. The summed E-state index contributed by atoms with van der Waals surface area (Å²) >= 11 is 0. The zero-order valence-corrected chi connectivity index (χ0v) is 12.1. The van der Waals surface area contributed by atoms with Gasteiger partial charge in [-0.25, -0.2) is 0 Å². The lowest BCUT2D eigenvalue weighted by Crippen LogP contribution is -2.31. The summed E-state index contributed by atoms with van der Waals surface area (Å²) in [5, 5.41) is 8.98. The predicted octanol–water partition coefficient (Wildman–Crippen LogP) is 1.08. The van der Waals surface area contributed by atoms with Gasteiger partial charge in [-0.05, 0) is 37.2 Å². The summed E-state index contributed by atoms with van der Waals surface area (Å²) in [4.78, 5) is 2.20. The van der Waals surface area contributed by atoms with Gasteiger partial charge in [-0.1, -0.05) is 18.8 Å². The van der Waals surface area contributed by atoms with Crippen LogP contribution in [0.2, 0.25) is 0 Å². The van der Waals surface area contributed by atoms with Crippen LogP contribution in [0.3, 0.4) is 0 Å². The van der Waals surface area contributed by atoms with Crippen LogP contribution < -0.4 is 10.5 Å². The molecule has 4 nitrogen and oxygen atoms in total. The SMILES string of the molecule is CCCN(CCO)CCOc1ccc(C#CCN)cc1. The molecule has 0 aliphatic carbocycles. The zero-order chi connectivity index (χ0) is 14.6. The summed E-state index contributed by atoms with van der Waals surface area (Å²) in [5.41, 5.74) is 6.27. The number of hydrogen-bond acceptors (Lipinski definition) is 4. The smallest absolute Gasteiger partial charge is 0.119 e. The summed E-state index contributed by atoms with van der Waals surface area (Å²) in [7, 11) is 0. The molecule has 0 fully saturated rings. The van der Waals surface area contributed by atoms with Crippen molar-refractivity contribution < 1.29 is 9.84 Å². The Morgan fingerprint density at radius 3 is 2.55 bits per heavy atom. The van der Waals surface area contributed by atoms with Crippen LogP contribution >= 0.6 is 0 Å². The number of nitrogens with two attached hydrogens (primary N) is 1. The Labute approximate surface area is 121 Å². The van der Waals surface area contributed by atoms with E-state index in [-0.39, 0.29) is 6.61 Å². The van der Waals surface area contributed by atoms with E-state index in [0.717, 1.165) is 30.8 Å². The third kappa shape index (κ3) is 6.58. The van der Waals surface area contributed by atoms with E-state index in [9.17, 15) is 0 Å². The lowest BCUT2D eigenvalue weighted by molar-refractivity contribution is 0.168. The number of hydrogen-bond donors (Lipinski definition) is 2. The van der Waals surface area contributed by atoms with Gasteiger partial charge in [0.1, 0.15) is 12.4 Å². The first kappa shape index (κ1) is 16.5. The van der Waals surface area contributed by atoms with E-state index in [1.165, 1.54) is 0 Å². The summed E-state index contributed by atoms with van der Waals surface area (Å²) in [6, 6.07) is 7.68. The summed E-state index contributed by atoms with van der Waals surface area (Å²) in [6.07, 6.45) is 1.08. The van der Waals surface area contributed by atoms with E-state index >= 15 is 0 Å². The third-order valence-electron chi connectivity index (χ3n) is 2.82. The number of aliphatic hydroxyl groups is 1. The van der Waals surface area contributed by atoms with Crippen molar-refractivity contribution >= 4 is 0 Å². The van der Waals surface area contributed by atoms with Crippen molar-refractivity contribution in [2.75, 3.05) is 39.4 Å². The zero-order valence-electron chi connectivity index (χ0n) is 12.1. The molecule has 0 radical (unpaired) electrons. The van der Waals surface area contributed by atoms with E-state index in [4.69, 9.17) is 15.6 Å². The fourth-order valence-corrected chi connectivity index (χ4v) is 1.87. The Hall–Kier alpha value is -1.54. The second-order valence-corrected chi connectivity index (χ2v) is 4.44. The van der Waals surface area contributed by atoms with Gasteiger partial charge in [0.15, 0.2) is 0 Å². The number of nitrogens with zero attached hydrogens (tertiary/aromatic N) is 1. The molecule has 0 amide bonds. The molecule has 1 aromatic rings. The normalized spacial score (nSPS) is 10.2. The highest BCUT2D eigenvalue weighted by Crippen LogP contribution is 2.11. The van der Waals surface area contributed by atoms with Crippen molar-refractivity contribution in [1.29, 1.82) is 0 Å². The van der Waals surface area contributed by atoms with Crippen LogP contribution in [0.15, 0.2) is 24.3 Å². The van der Waals surface area contributed by atoms with Gasteiger partial charge in [-0.2, -0.15) is 0 Å². The van der Waals surface area contributed by atoms with E-state index in [1.807, 2.05) is 24.3 Å². The standard InChI is InChI=1S/C16H24N2O2/c1-2-10-18(11-13-19)12-14-20-16-7-5-15(6-8-16)4-3-9-17/h5-8,19H,2,9-14,17H2,1H3. The Kier molecular flexibility index (Phi) is 8.48. The van der Waals surface area contributed by atoms with Gasteiger partial charge in [-0.3, -0.25) is 4.90 Å². The van der Waals surface area contributed by atoms with Gasteiger partial charge < -0.3 is 15.6 Å². The van der Waals surface area contributed by atoms with Gasteiger partial charge in [0.05, 0.1) is 13.2 Å². The molecule has 4 heteroatoms. The first-order valence-electron chi connectivity index (χ1n) is 7.05. The number of aliphatic hydroxyl groups excluding tert-OH is 1. The Morgan fingerprint density at radius 1 is 1.20 bits per heavy atom. The maximum atomic E-state index is 8.98. The van der Waals surface area contributed by atoms with Gasteiger partial charge in [-0.15, -0.1) is 0 Å². The van der Waals surface area contributed by atoms with E-state index in [0.29, 0.717) is 19.7 Å². The topological polar surface area (TPSA) is 58.7 Å². The minimum atomic E-state index is 0.189. The molecule has 1 aromatic carbocycles. The molecule has 0 atom stereocenters. The molecule has 1 rings (SSSR count). The Balaban J connectivity index is 2.37. The minimum absolute atomic E-state index is 0.189. The van der Waals surface area contributed by atoms with Crippen LogP contribution in [0.4, 0.5) is 0 Å². The number of ether oxygens (including phenoxy) is 1. The van der Waals surface area contributed by atoms with Gasteiger partial charge in [0.25, 0.3) is 0 Å². The average Bonchev–Trinajstić information content (AvgIpc) is 2.47. The maximum absolute atomic E-state index is 8.98. The van der Waals surface area contributed by atoms with E-state index in [2.05, 4.69) is 23.7 Å². The summed E-state index contributed by atoms with van der Waals surface area (Å²) in [5.74, 6) is 6.63. The van der Waals surface area contributed by atoms with Crippen molar-refractivity contribution in [1.82, 2.24) is 4.90 Å². The molecule has 0 aromatic heterocycles. The quantitative estimate of drug-likeness (QED) is 0.698. The summed E-state index contributed by atoms with van der Waals surface area (Å²) in [6.45, 7) is 5.82. The van der Waals surface area contributed by atoms with Crippen molar-refractivity contribution in [3.63, 3.8) is 0 Å². The molecule has 3 N–H and O–H groups in total. The van der Waals surface area contributed by atoms with Crippen LogP contribution in [0.5, 0.6) is 5.75 Å². The van der Waals surface area contributed by atoms with Gasteiger partial charge >= 0.3 is 0 Å². The molecule has 0 unspecified atom stereocenters.